The quantitative estimate of drug-likeness (QED) is 0.933. The molecule has 21 heavy (non-hydrogen) atoms. The molecular weight excluding hydrogens is 292 g/mol. The molecule has 0 saturated heterocycles. The van der Waals surface area contributed by atoms with Gasteiger partial charge in [-0.05, 0) is 35.8 Å². The zero-order chi connectivity index (χ0) is 15.6. The van der Waals surface area contributed by atoms with Gasteiger partial charge in [0.15, 0.2) is 0 Å². The van der Waals surface area contributed by atoms with Crippen molar-refractivity contribution in [3.8, 4) is 0 Å². The van der Waals surface area contributed by atoms with E-state index in [9.17, 15) is 8.78 Å². The van der Waals surface area contributed by atoms with Gasteiger partial charge in [0.05, 0.1) is 16.6 Å². The van der Waals surface area contributed by atoms with Crippen molar-refractivity contribution in [1.29, 1.82) is 0 Å². The summed E-state index contributed by atoms with van der Waals surface area (Å²) >= 11 is 1.26. The molecule has 0 spiro atoms. The first kappa shape index (κ1) is 16.0. The van der Waals surface area contributed by atoms with E-state index in [1.165, 1.54) is 23.7 Å². The Morgan fingerprint density at radius 1 is 1.19 bits per heavy atom. The average Bonchev–Trinajstić information content (AvgIpc) is 2.83. The molecule has 0 saturated carbocycles. The normalized spacial score (nSPS) is 13.4. The maximum absolute atomic E-state index is 13.5. The van der Waals surface area contributed by atoms with Crippen molar-refractivity contribution in [2.75, 3.05) is 6.54 Å². The summed E-state index contributed by atoms with van der Waals surface area (Å²) in [6.45, 7) is 8.76. The second kappa shape index (κ2) is 6.15. The predicted octanol–water partition coefficient (Wildman–Crippen LogP) is 3.81. The van der Waals surface area contributed by atoms with Crippen LogP contribution in [-0.2, 0) is 5.41 Å². The van der Waals surface area contributed by atoms with Crippen LogP contribution < -0.4 is 5.32 Å². The maximum Gasteiger partial charge on any atom is 0.126 e. The molecule has 1 heterocycles. The van der Waals surface area contributed by atoms with E-state index < -0.39 is 11.6 Å². The highest BCUT2D eigenvalue weighted by Gasteiger charge is 2.28. The van der Waals surface area contributed by atoms with Gasteiger partial charge in [0.25, 0.3) is 0 Å². The molecular formula is C15H19F2N3S. The van der Waals surface area contributed by atoms with Crippen LogP contribution in [0.2, 0.25) is 0 Å². The Hall–Kier alpha value is -1.40. The van der Waals surface area contributed by atoms with E-state index in [-0.39, 0.29) is 11.5 Å². The second-order valence-electron chi connectivity index (χ2n) is 5.93. The van der Waals surface area contributed by atoms with Gasteiger partial charge in [-0.3, -0.25) is 0 Å². The smallest absolute Gasteiger partial charge is 0.126 e. The summed E-state index contributed by atoms with van der Waals surface area (Å²) in [6, 6.07) is 3.27. The standard InChI is InChI=1S/C15H19F2N3S/c1-5-18-12(9-6-10(16)8-11(17)7-9)13-14(15(2,3)4)19-20-21-13/h6-8,12,18H,5H2,1-4H3. The van der Waals surface area contributed by atoms with E-state index in [1.54, 1.807) is 0 Å². The fraction of sp³-hybridized carbons (Fsp3) is 0.467. The molecule has 0 amide bonds. The van der Waals surface area contributed by atoms with Crippen molar-refractivity contribution >= 4 is 11.5 Å². The van der Waals surface area contributed by atoms with Crippen LogP contribution >= 0.6 is 11.5 Å². The first-order valence-corrected chi connectivity index (χ1v) is 7.62. The minimum Gasteiger partial charge on any atom is -0.306 e. The average molecular weight is 311 g/mol. The van der Waals surface area contributed by atoms with Gasteiger partial charge >= 0.3 is 0 Å². The van der Waals surface area contributed by atoms with Crippen molar-refractivity contribution in [2.24, 2.45) is 0 Å². The van der Waals surface area contributed by atoms with Crippen LogP contribution in [0.5, 0.6) is 0 Å². The summed E-state index contributed by atoms with van der Waals surface area (Å²) in [5.41, 5.74) is 1.22. The Morgan fingerprint density at radius 3 is 2.33 bits per heavy atom. The lowest BCUT2D eigenvalue weighted by Gasteiger charge is -2.22. The summed E-state index contributed by atoms with van der Waals surface area (Å²) in [7, 11) is 0. The molecule has 6 heteroatoms. The minimum atomic E-state index is -0.581. The number of aromatic nitrogens is 2. The van der Waals surface area contributed by atoms with Crippen molar-refractivity contribution in [2.45, 2.75) is 39.2 Å². The number of rotatable bonds is 4. The molecule has 1 aromatic heterocycles. The first-order chi connectivity index (χ1) is 9.82. The van der Waals surface area contributed by atoms with Crippen LogP contribution in [-0.4, -0.2) is 16.1 Å². The van der Waals surface area contributed by atoms with E-state index in [0.29, 0.717) is 12.1 Å². The molecule has 0 radical (unpaired) electrons. The van der Waals surface area contributed by atoms with Crippen LogP contribution in [0.15, 0.2) is 18.2 Å². The van der Waals surface area contributed by atoms with Crippen molar-refractivity contribution < 1.29 is 8.78 Å². The van der Waals surface area contributed by atoms with Gasteiger partial charge in [0, 0.05) is 11.5 Å². The Bertz CT molecular complexity index is 599. The van der Waals surface area contributed by atoms with Gasteiger partial charge in [0.2, 0.25) is 0 Å². The van der Waals surface area contributed by atoms with E-state index in [0.717, 1.165) is 16.6 Å². The molecule has 0 bridgehead atoms. The van der Waals surface area contributed by atoms with Crippen LogP contribution in [0.25, 0.3) is 0 Å². The lowest BCUT2D eigenvalue weighted by molar-refractivity contribution is 0.537. The summed E-state index contributed by atoms with van der Waals surface area (Å²) < 4.78 is 31.0. The molecule has 2 rings (SSSR count). The molecule has 2 aromatic rings. The van der Waals surface area contributed by atoms with Crippen LogP contribution in [0.3, 0.4) is 0 Å². The zero-order valence-corrected chi connectivity index (χ0v) is 13.4. The fourth-order valence-corrected chi connectivity index (χ4v) is 3.18. The van der Waals surface area contributed by atoms with Crippen molar-refractivity contribution in [3.05, 3.63) is 46.0 Å². The minimum absolute atomic E-state index is 0.179. The largest absolute Gasteiger partial charge is 0.306 e. The van der Waals surface area contributed by atoms with Gasteiger partial charge in [0.1, 0.15) is 11.6 Å². The zero-order valence-electron chi connectivity index (χ0n) is 12.6. The van der Waals surface area contributed by atoms with E-state index in [4.69, 9.17) is 0 Å². The highest BCUT2D eigenvalue weighted by atomic mass is 32.1. The Kier molecular flexibility index (Phi) is 4.68. The van der Waals surface area contributed by atoms with Crippen molar-refractivity contribution in [1.82, 2.24) is 14.9 Å². The van der Waals surface area contributed by atoms with Gasteiger partial charge in [-0.2, -0.15) is 0 Å². The first-order valence-electron chi connectivity index (χ1n) is 6.85. The monoisotopic (exact) mass is 311 g/mol. The Balaban J connectivity index is 2.51. The van der Waals surface area contributed by atoms with Crippen molar-refractivity contribution in [3.63, 3.8) is 0 Å². The summed E-state index contributed by atoms with van der Waals surface area (Å²) in [5, 5.41) is 7.47. The van der Waals surface area contributed by atoms with Crippen LogP contribution in [0.4, 0.5) is 8.78 Å². The third-order valence-electron chi connectivity index (χ3n) is 3.11. The number of benzene rings is 1. The molecule has 0 aliphatic heterocycles. The number of halogens is 2. The van der Waals surface area contributed by atoms with E-state index in [2.05, 4.69) is 14.9 Å². The number of hydrogen-bond donors (Lipinski definition) is 1. The summed E-state index contributed by atoms with van der Waals surface area (Å²) in [5.74, 6) is -1.16. The highest BCUT2D eigenvalue weighted by molar-refractivity contribution is 7.05. The Labute approximate surface area is 127 Å². The molecule has 0 fully saturated rings. The molecule has 0 aliphatic rings. The molecule has 114 valence electrons. The van der Waals surface area contributed by atoms with E-state index >= 15 is 0 Å². The number of nitrogens with zero attached hydrogens (tertiary/aromatic N) is 2. The Morgan fingerprint density at radius 2 is 1.81 bits per heavy atom. The van der Waals surface area contributed by atoms with Gasteiger partial charge in [-0.1, -0.05) is 32.2 Å². The number of nitrogens with one attached hydrogen (secondary N) is 1. The van der Waals surface area contributed by atoms with Gasteiger partial charge < -0.3 is 5.32 Å². The van der Waals surface area contributed by atoms with Gasteiger partial charge in [-0.15, -0.1) is 5.10 Å². The van der Waals surface area contributed by atoms with Gasteiger partial charge in [-0.25, -0.2) is 8.78 Å². The highest BCUT2D eigenvalue weighted by Crippen LogP contribution is 2.34. The topological polar surface area (TPSA) is 37.8 Å². The molecule has 1 atom stereocenters. The summed E-state index contributed by atoms with van der Waals surface area (Å²) in [6.07, 6.45) is 0. The van der Waals surface area contributed by atoms with Crippen LogP contribution in [0.1, 0.15) is 49.9 Å². The predicted molar refractivity (Wildman–Crippen MR) is 80.5 cm³/mol. The second-order valence-corrected chi connectivity index (χ2v) is 6.71. The molecule has 3 nitrogen and oxygen atoms in total. The number of hydrogen-bond acceptors (Lipinski definition) is 4. The third kappa shape index (κ3) is 3.63. The molecule has 0 aliphatic carbocycles. The third-order valence-corrected chi connectivity index (χ3v) is 3.90. The summed E-state index contributed by atoms with van der Waals surface area (Å²) in [4.78, 5) is 0.898. The maximum atomic E-state index is 13.5. The molecule has 1 N–H and O–H groups in total. The van der Waals surface area contributed by atoms with E-state index in [1.807, 2.05) is 27.7 Å². The van der Waals surface area contributed by atoms with Crippen LogP contribution in [0, 0.1) is 11.6 Å². The fourth-order valence-electron chi connectivity index (χ4n) is 2.21. The lowest BCUT2D eigenvalue weighted by atomic mass is 9.88. The molecule has 1 unspecified atom stereocenters. The molecule has 1 aromatic carbocycles. The lowest BCUT2D eigenvalue weighted by Crippen LogP contribution is -2.25. The SMILES string of the molecule is CCNC(c1cc(F)cc(F)c1)c1snnc1C(C)(C)C.